The molecule has 1 amide bonds. The Balaban J connectivity index is 4.13. The Morgan fingerprint density at radius 2 is 2.07 bits per heavy atom. The number of nitrogens with one attached hydrogen (secondary N) is 1. The van der Waals surface area contributed by atoms with E-state index in [9.17, 15) is 13.2 Å². The molecule has 0 heterocycles. The summed E-state index contributed by atoms with van der Waals surface area (Å²) in [6.45, 7) is 1.85. The van der Waals surface area contributed by atoms with Crippen LogP contribution in [0.5, 0.6) is 0 Å². The van der Waals surface area contributed by atoms with Crippen molar-refractivity contribution < 1.29 is 13.2 Å². The van der Waals surface area contributed by atoms with Crippen molar-refractivity contribution in [1.29, 1.82) is 0 Å². The molecular weight excluding hydrogens is 206 g/mol. The van der Waals surface area contributed by atoms with Gasteiger partial charge in [-0.25, -0.2) is 13.1 Å². The Kier molecular flexibility index (Phi) is 5.66. The van der Waals surface area contributed by atoms with Crippen LogP contribution in [-0.4, -0.2) is 32.7 Å². The number of rotatable bonds is 7. The third kappa shape index (κ3) is 4.54. The summed E-state index contributed by atoms with van der Waals surface area (Å²) in [6, 6.07) is 0. The lowest BCUT2D eigenvalue weighted by atomic mass is 10.3. The van der Waals surface area contributed by atoms with Gasteiger partial charge in [-0.3, -0.25) is 4.79 Å². The van der Waals surface area contributed by atoms with Crippen molar-refractivity contribution in [3.05, 3.63) is 0 Å². The maximum absolute atomic E-state index is 11.4. The summed E-state index contributed by atoms with van der Waals surface area (Å²) in [7, 11) is -3.40. The van der Waals surface area contributed by atoms with Crippen molar-refractivity contribution in [3.63, 3.8) is 0 Å². The number of nitrogens with two attached hydrogens (primary N) is 2. The lowest BCUT2D eigenvalue weighted by molar-refractivity contribution is -0.117. The van der Waals surface area contributed by atoms with Crippen molar-refractivity contribution in [2.75, 3.05) is 13.1 Å². The zero-order valence-electron chi connectivity index (χ0n) is 8.19. The van der Waals surface area contributed by atoms with Crippen molar-refractivity contribution in [2.24, 2.45) is 11.5 Å². The van der Waals surface area contributed by atoms with Crippen LogP contribution in [0.4, 0.5) is 0 Å². The van der Waals surface area contributed by atoms with Crippen LogP contribution in [0.1, 0.15) is 19.8 Å². The molecule has 0 spiro atoms. The second kappa shape index (κ2) is 5.94. The fourth-order valence-electron chi connectivity index (χ4n) is 0.947. The fourth-order valence-corrected chi connectivity index (χ4v) is 2.26. The summed E-state index contributed by atoms with van der Waals surface area (Å²) < 4.78 is 25.1. The highest BCUT2D eigenvalue weighted by Crippen LogP contribution is 2.01. The van der Waals surface area contributed by atoms with E-state index < -0.39 is 21.2 Å². The minimum atomic E-state index is -3.40. The lowest BCUT2D eigenvalue weighted by Crippen LogP contribution is -2.39. The Morgan fingerprint density at radius 3 is 2.43 bits per heavy atom. The molecule has 0 aromatic carbocycles. The second-order valence-corrected chi connectivity index (χ2v) is 4.97. The molecule has 0 aliphatic heterocycles. The van der Waals surface area contributed by atoms with Gasteiger partial charge in [0.2, 0.25) is 15.9 Å². The molecular formula is C7H17N3O3S. The molecule has 0 aromatic rings. The number of hydrogen-bond acceptors (Lipinski definition) is 4. The number of amides is 1. The van der Waals surface area contributed by atoms with Gasteiger partial charge in [-0.15, -0.1) is 0 Å². The molecule has 0 aromatic heterocycles. The zero-order valence-corrected chi connectivity index (χ0v) is 9.01. The van der Waals surface area contributed by atoms with Gasteiger partial charge in [0.25, 0.3) is 0 Å². The summed E-state index contributed by atoms with van der Waals surface area (Å²) >= 11 is 0. The Morgan fingerprint density at radius 1 is 1.50 bits per heavy atom. The van der Waals surface area contributed by atoms with Crippen molar-refractivity contribution in [3.8, 4) is 0 Å². The SMILES string of the molecule is CCC(CN)S(=O)(=O)NCCC(N)=O. The Labute approximate surface area is 84.1 Å². The van der Waals surface area contributed by atoms with Gasteiger partial charge in [0, 0.05) is 19.5 Å². The largest absolute Gasteiger partial charge is 0.370 e. The molecule has 6 nitrogen and oxygen atoms in total. The van der Waals surface area contributed by atoms with Crippen molar-refractivity contribution in [1.82, 2.24) is 4.72 Å². The molecule has 0 fully saturated rings. The van der Waals surface area contributed by atoms with E-state index >= 15 is 0 Å². The normalized spacial score (nSPS) is 13.9. The molecule has 0 aliphatic rings. The van der Waals surface area contributed by atoms with Crippen LogP contribution >= 0.6 is 0 Å². The maximum Gasteiger partial charge on any atom is 0.218 e. The van der Waals surface area contributed by atoms with Crippen LogP contribution in [0, 0.1) is 0 Å². The van der Waals surface area contributed by atoms with Gasteiger partial charge in [-0.1, -0.05) is 6.92 Å². The van der Waals surface area contributed by atoms with E-state index in [2.05, 4.69) is 4.72 Å². The van der Waals surface area contributed by atoms with Crippen LogP contribution < -0.4 is 16.2 Å². The number of primary amides is 1. The quantitative estimate of drug-likeness (QED) is 0.488. The highest BCUT2D eigenvalue weighted by molar-refractivity contribution is 7.90. The first-order valence-corrected chi connectivity index (χ1v) is 5.95. The first-order chi connectivity index (χ1) is 6.44. The zero-order chi connectivity index (χ0) is 11.2. The van der Waals surface area contributed by atoms with E-state index in [1.807, 2.05) is 0 Å². The molecule has 5 N–H and O–H groups in total. The number of carbonyl (C=O) groups excluding carboxylic acids is 1. The Hall–Kier alpha value is -0.660. The standard InChI is InChI=1S/C7H17N3O3S/c1-2-6(5-8)14(12,13)10-4-3-7(9)11/h6,10H,2-5,8H2,1H3,(H2,9,11). The van der Waals surface area contributed by atoms with Gasteiger partial charge in [-0.05, 0) is 6.42 Å². The maximum atomic E-state index is 11.4. The average Bonchev–Trinajstić information content (AvgIpc) is 2.04. The predicted octanol–water partition coefficient (Wildman–Crippen LogP) is -1.48. The van der Waals surface area contributed by atoms with E-state index in [4.69, 9.17) is 11.5 Å². The second-order valence-electron chi connectivity index (χ2n) is 2.92. The van der Waals surface area contributed by atoms with Gasteiger partial charge in [0.1, 0.15) is 0 Å². The minimum absolute atomic E-state index is 0.000234. The smallest absolute Gasteiger partial charge is 0.218 e. The first kappa shape index (κ1) is 13.3. The summed E-state index contributed by atoms with van der Waals surface area (Å²) in [5, 5.41) is -0.602. The number of carbonyl (C=O) groups is 1. The molecule has 0 radical (unpaired) electrons. The molecule has 14 heavy (non-hydrogen) atoms. The van der Waals surface area contributed by atoms with E-state index in [-0.39, 0.29) is 19.5 Å². The van der Waals surface area contributed by atoms with Crippen molar-refractivity contribution in [2.45, 2.75) is 25.0 Å². The third-order valence-corrected chi connectivity index (χ3v) is 3.84. The number of hydrogen-bond donors (Lipinski definition) is 3. The van der Waals surface area contributed by atoms with Gasteiger partial charge < -0.3 is 11.5 Å². The van der Waals surface area contributed by atoms with Crippen LogP contribution in [0.15, 0.2) is 0 Å². The average molecular weight is 223 g/mol. The van der Waals surface area contributed by atoms with Crippen molar-refractivity contribution >= 4 is 15.9 Å². The molecule has 7 heteroatoms. The molecule has 0 saturated heterocycles. The van der Waals surface area contributed by atoms with Gasteiger partial charge in [-0.2, -0.15) is 0 Å². The minimum Gasteiger partial charge on any atom is -0.370 e. The number of sulfonamides is 1. The molecule has 0 saturated carbocycles. The van der Waals surface area contributed by atoms with E-state index in [0.29, 0.717) is 6.42 Å². The molecule has 84 valence electrons. The summed E-state index contributed by atoms with van der Waals surface area (Å²) in [5.41, 5.74) is 10.2. The monoisotopic (exact) mass is 223 g/mol. The first-order valence-electron chi connectivity index (χ1n) is 4.40. The highest BCUT2D eigenvalue weighted by Gasteiger charge is 2.21. The van der Waals surface area contributed by atoms with E-state index in [1.165, 1.54) is 0 Å². The third-order valence-electron chi connectivity index (χ3n) is 1.83. The lowest BCUT2D eigenvalue weighted by Gasteiger charge is -2.13. The topological polar surface area (TPSA) is 115 Å². The Bertz CT molecular complexity index is 272. The molecule has 0 aliphatic carbocycles. The fraction of sp³-hybridized carbons (Fsp3) is 0.857. The van der Waals surface area contributed by atoms with Crippen LogP contribution in [-0.2, 0) is 14.8 Å². The molecule has 0 bridgehead atoms. The summed E-state index contributed by atoms with van der Waals surface area (Å²) in [4.78, 5) is 10.4. The summed E-state index contributed by atoms with van der Waals surface area (Å²) in [6.07, 6.45) is 0.447. The molecule has 1 unspecified atom stereocenters. The molecule has 1 atom stereocenters. The van der Waals surface area contributed by atoms with Crippen LogP contribution in [0.3, 0.4) is 0 Å². The summed E-state index contributed by atoms with van der Waals surface area (Å²) in [5.74, 6) is -0.534. The van der Waals surface area contributed by atoms with Gasteiger partial charge in [0.15, 0.2) is 0 Å². The van der Waals surface area contributed by atoms with Crippen LogP contribution in [0.25, 0.3) is 0 Å². The van der Waals surface area contributed by atoms with Gasteiger partial charge in [0.05, 0.1) is 5.25 Å². The highest BCUT2D eigenvalue weighted by atomic mass is 32.2. The van der Waals surface area contributed by atoms with Crippen LogP contribution in [0.2, 0.25) is 0 Å². The predicted molar refractivity (Wildman–Crippen MR) is 53.9 cm³/mol. The van der Waals surface area contributed by atoms with E-state index in [1.54, 1.807) is 6.92 Å². The van der Waals surface area contributed by atoms with Gasteiger partial charge >= 0.3 is 0 Å². The molecule has 0 rings (SSSR count). The van der Waals surface area contributed by atoms with E-state index in [0.717, 1.165) is 0 Å².